The Balaban J connectivity index is 1.86. The molecule has 0 aliphatic heterocycles. The third-order valence-corrected chi connectivity index (χ3v) is 4.92. The zero-order valence-electron chi connectivity index (χ0n) is 12.4. The fourth-order valence-electron chi connectivity index (χ4n) is 1.73. The predicted molar refractivity (Wildman–Crippen MR) is 89.2 cm³/mol. The highest BCUT2D eigenvalue weighted by Gasteiger charge is 2.09. The Morgan fingerprint density at radius 2 is 2.05 bits per heavy atom. The first kappa shape index (κ1) is 16.3. The van der Waals surface area contributed by atoms with Crippen LogP contribution in [0.15, 0.2) is 28.6 Å². The number of nitrogens with zero attached hydrogens (tertiary/aromatic N) is 2. The van der Waals surface area contributed by atoms with E-state index in [-0.39, 0.29) is 6.04 Å². The molecule has 2 N–H and O–H groups in total. The third kappa shape index (κ3) is 4.98. The molecular formula is C15H21N3OS2. The van der Waals surface area contributed by atoms with Gasteiger partial charge < -0.3 is 10.5 Å². The van der Waals surface area contributed by atoms with Crippen LogP contribution in [-0.2, 0) is 6.42 Å². The zero-order valence-corrected chi connectivity index (χ0v) is 14.0. The van der Waals surface area contributed by atoms with Crippen LogP contribution in [0, 0.1) is 0 Å². The highest BCUT2D eigenvalue weighted by molar-refractivity contribution is 8.00. The van der Waals surface area contributed by atoms with Gasteiger partial charge in [0, 0.05) is 18.2 Å². The molecule has 1 atom stereocenters. The Hall–Kier alpha value is -1.11. The summed E-state index contributed by atoms with van der Waals surface area (Å²) in [6.45, 7) is 4.90. The summed E-state index contributed by atoms with van der Waals surface area (Å²) in [5, 5.41) is 0. The Kier molecular flexibility index (Phi) is 6.48. The lowest BCUT2D eigenvalue weighted by Gasteiger charge is -2.11. The molecule has 0 aliphatic carbocycles. The number of rotatable bonds is 8. The van der Waals surface area contributed by atoms with Crippen molar-refractivity contribution in [2.75, 3.05) is 12.4 Å². The maximum absolute atomic E-state index is 6.23. The maximum atomic E-state index is 6.23. The lowest BCUT2D eigenvalue weighted by Crippen LogP contribution is -2.12. The molecule has 0 saturated heterocycles. The molecule has 1 aromatic heterocycles. The summed E-state index contributed by atoms with van der Waals surface area (Å²) in [4.78, 5) is 4.44. The van der Waals surface area contributed by atoms with Crippen molar-refractivity contribution >= 4 is 23.3 Å². The first-order valence-electron chi connectivity index (χ1n) is 7.16. The standard InChI is InChI=1S/C15H21N3OS2/c1-3-9-19-12-7-5-11(6-8-12)13(16)10-20-15-17-14(4-2)18-21-15/h5-8,13H,3-4,9-10,16H2,1-2H3. The Bertz CT molecular complexity index is 542. The van der Waals surface area contributed by atoms with E-state index in [1.165, 1.54) is 11.5 Å². The van der Waals surface area contributed by atoms with Gasteiger partial charge in [-0.2, -0.15) is 4.37 Å². The van der Waals surface area contributed by atoms with Crippen molar-refractivity contribution in [3.8, 4) is 5.75 Å². The van der Waals surface area contributed by atoms with E-state index in [2.05, 4.69) is 23.2 Å². The average Bonchev–Trinajstić information content (AvgIpc) is 2.99. The molecule has 0 saturated carbocycles. The molecule has 21 heavy (non-hydrogen) atoms. The number of hydrogen-bond acceptors (Lipinski definition) is 6. The van der Waals surface area contributed by atoms with Crippen molar-refractivity contribution in [1.82, 2.24) is 9.36 Å². The molecule has 0 radical (unpaired) electrons. The van der Waals surface area contributed by atoms with E-state index in [9.17, 15) is 0 Å². The molecule has 0 fully saturated rings. The van der Waals surface area contributed by atoms with Crippen LogP contribution in [0.5, 0.6) is 5.75 Å². The number of aromatic nitrogens is 2. The van der Waals surface area contributed by atoms with Gasteiger partial charge in [0.2, 0.25) is 0 Å². The van der Waals surface area contributed by atoms with Gasteiger partial charge in [0.25, 0.3) is 0 Å². The molecule has 6 heteroatoms. The number of ether oxygens (including phenoxy) is 1. The topological polar surface area (TPSA) is 61.0 Å². The summed E-state index contributed by atoms with van der Waals surface area (Å²) in [6, 6.07) is 8.02. The van der Waals surface area contributed by atoms with E-state index < -0.39 is 0 Å². The summed E-state index contributed by atoms with van der Waals surface area (Å²) in [7, 11) is 0. The van der Waals surface area contributed by atoms with Gasteiger partial charge in [0.05, 0.1) is 6.61 Å². The van der Waals surface area contributed by atoms with Gasteiger partial charge in [-0.15, -0.1) is 0 Å². The van der Waals surface area contributed by atoms with Gasteiger partial charge in [-0.05, 0) is 35.6 Å². The van der Waals surface area contributed by atoms with Crippen LogP contribution >= 0.6 is 23.3 Å². The maximum Gasteiger partial charge on any atom is 0.170 e. The van der Waals surface area contributed by atoms with Crippen LogP contribution < -0.4 is 10.5 Å². The van der Waals surface area contributed by atoms with Crippen LogP contribution in [-0.4, -0.2) is 21.7 Å². The second-order valence-corrected chi connectivity index (χ2v) is 6.68. The number of aryl methyl sites for hydroxylation is 1. The molecule has 1 aromatic carbocycles. The van der Waals surface area contributed by atoms with Crippen molar-refractivity contribution in [3.05, 3.63) is 35.7 Å². The Morgan fingerprint density at radius 1 is 1.29 bits per heavy atom. The first-order chi connectivity index (χ1) is 10.2. The summed E-state index contributed by atoms with van der Waals surface area (Å²) in [5.41, 5.74) is 7.34. The monoisotopic (exact) mass is 323 g/mol. The van der Waals surface area contributed by atoms with Gasteiger partial charge in [0.1, 0.15) is 11.6 Å². The fraction of sp³-hybridized carbons (Fsp3) is 0.467. The van der Waals surface area contributed by atoms with Crippen LogP contribution in [0.4, 0.5) is 0 Å². The van der Waals surface area contributed by atoms with Crippen molar-refractivity contribution in [2.24, 2.45) is 5.73 Å². The molecule has 4 nitrogen and oxygen atoms in total. The predicted octanol–water partition coefficient (Wildman–Crippen LogP) is 3.68. The molecule has 0 aliphatic rings. The van der Waals surface area contributed by atoms with Crippen molar-refractivity contribution in [1.29, 1.82) is 0 Å². The van der Waals surface area contributed by atoms with Crippen molar-refractivity contribution < 1.29 is 4.74 Å². The summed E-state index contributed by atoms with van der Waals surface area (Å²) >= 11 is 3.12. The minimum Gasteiger partial charge on any atom is -0.494 e. The molecule has 0 amide bonds. The summed E-state index contributed by atoms with van der Waals surface area (Å²) in [6.07, 6.45) is 1.89. The minimum absolute atomic E-state index is 0.01000. The van der Waals surface area contributed by atoms with E-state index >= 15 is 0 Å². The summed E-state index contributed by atoms with van der Waals surface area (Å²) in [5.74, 6) is 2.61. The highest BCUT2D eigenvalue weighted by atomic mass is 32.2. The van der Waals surface area contributed by atoms with Gasteiger partial charge in [0.15, 0.2) is 4.34 Å². The molecule has 1 unspecified atom stereocenters. The van der Waals surface area contributed by atoms with Gasteiger partial charge in [-0.25, -0.2) is 4.98 Å². The third-order valence-electron chi connectivity index (χ3n) is 2.93. The first-order valence-corrected chi connectivity index (χ1v) is 8.92. The number of thioether (sulfide) groups is 1. The van der Waals surface area contributed by atoms with Crippen LogP contribution in [0.1, 0.15) is 37.7 Å². The molecule has 0 spiro atoms. The average molecular weight is 323 g/mol. The normalized spacial score (nSPS) is 12.3. The molecular weight excluding hydrogens is 302 g/mol. The van der Waals surface area contributed by atoms with Crippen LogP contribution in [0.3, 0.4) is 0 Å². The Labute approximate surface area is 134 Å². The second kappa shape index (κ2) is 8.36. The summed E-state index contributed by atoms with van der Waals surface area (Å²) < 4.78 is 10.8. The fourth-order valence-corrected chi connectivity index (χ4v) is 3.44. The van der Waals surface area contributed by atoms with E-state index in [4.69, 9.17) is 10.5 Å². The SMILES string of the molecule is CCCOc1ccc(C(N)CSc2nc(CC)ns2)cc1. The highest BCUT2D eigenvalue weighted by Crippen LogP contribution is 2.26. The van der Waals surface area contributed by atoms with E-state index in [0.29, 0.717) is 0 Å². The second-order valence-electron chi connectivity index (χ2n) is 4.67. The molecule has 2 aromatic rings. The lowest BCUT2D eigenvalue weighted by molar-refractivity contribution is 0.317. The van der Waals surface area contributed by atoms with E-state index in [1.54, 1.807) is 11.8 Å². The lowest BCUT2D eigenvalue weighted by atomic mass is 10.1. The minimum atomic E-state index is -0.01000. The Morgan fingerprint density at radius 3 is 2.67 bits per heavy atom. The van der Waals surface area contributed by atoms with Gasteiger partial charge >= 0.3 is 0 Å². The number of hydrogen-bond donors (Lipinski definition) is 1. The number of benzene rings is 1. The zero-order chi connectivity index (χ0) is 15.1. The van der Waals surface area contributed by atoms with Crippen LogP contribution in [0.2, 0.25) is 0 Å². The van der Waals surface area contributed by atoms with E-state index in [0.717, 1.165) is 46.7 Å². The van der Waals surface area contributed by atoms with Crippen molar-refractivity contribution in [3.63, 3.8) is 0 Å². The van der Waals surface area contributed by atoms with E-state index in [1.807, 2.05) is 24.3 Å². The quantitative estimate of drug-likeness (QED) is 0.751. The smallest absolute Gasteiger partial charge is 0.170 e. The van der Waals surface area contributed by atoms with Crippen molar-refractivity contribution in [2.45, 2.75) is 37.1 Å². The van der Waals surface area contributed by atoms with Gasteiger partial charge in [-0.3, -0.25) is 0 Å². The molecule has 0 bridgehead atoms. The van der Waals surface area contributed by atoms with Gasteiger partial charge in [-0.1, -0.05) is 37.7 Å². The molecule has 114 valence electrons. The largest absolute Gasteiger partial charge is 0.494 e. The molecule has 1 heterocycles. The van der Waals surface area contributed by atoms with Crippen LogP contribution in [0.25, 0.3) is 0 Å². The molecule has 2 rings (SSSR count). The number of nitrogens with two attached hydrogens (primary N) is 1.